The number of nitrogens with zero attached hydrogens (tertiary/aromatic N) is 1. The molecule has 4 nitrogen and oxygen atoms in total. The van der Waals surface area contributed by atoms with Gasteiger partial charge in [0.2, 0.25) is 0 Å². The van der Waals surface area contributed by atoms with Crippen molar-refractivity contribution in [1.82, 2.24) is 0 Å². The molecule has 0 aliphatic carbocycles. The lowest BCUT2D eigenvalue weighted by atomic mass is 10.0. The molecule has 1 fully saturated rings. The van der Waals surface area contributed by atoms with Crippen LogP contribution in [-0.2, 0) is 20.3 Å². The molecular formula is C10H13NO3S. The van der Waals surface area contributed by atoms with E-state index in [1.165, 1.54) is 0 Å². The molecule has 0 aromatic carbocycles. The minimum Gasteiger partial charge on any atom is -0.462 e. The lowest BCUT2D eigenvalue weighted by Gasteiger charge is -2.14. The zero-order valence-electron chi connectivity index (χ0n) is 8.62. The van der Waals surface area contributed by atoms with Crippen LogP contribution in [0.5, 0.6) is 0 Å². The fraction of sp³-hybridized carbons (Fsp3) is 0.600. The fourth-order valence-electron chi connectivity index (χ4n) is 1.42. The molecule has 1 aliphatic heterocycles. The third kappa shape index (κ3) is 3.17. The summed E-state index contributed by atoms with van der Waals surface area (Å²) >= 11 is 0. The molecule has 0 radical (unpaired) electrons. The van der Waals surface area contributed by atoms with E-state index in [4.69, 9.17) is 10.00 Å². The van der Waals surface area contributed by atoms with Crippen LogP contribution in [-0.4, -0.2) is 28.3 Å². The van der Waals surface area contributed by atoms with Gasteiger partial charge in [-0.3, -0.25) is 4.21 Å². The van der Waals surface area contributed by atoms with E-state index in [-0.39, 0.29) is 12.2 Å². The maximum atomic E-state index is 11.4. The Labute approximate surface area is 91.4 Å². The van der Waals surface area contributed by atoms with Crippen molar-refractivity contribution < 1.29 is 13.7 Å². The van der Waals surface area contributed by atoms with Gasteiger partial charge in [0.25, 0.3) is 0 Å². The zero-order valence-corrected chi connectivity index (χ0v) is 9.43. The fourth-order valence-corrected chi connectivity index (χ4v) is 2.58. The van der Waals surface area contributed by atoms with Crippen molar-refractivity contribution in [2.24, 2.45) is 0 Å². The van der Waals surface area contributed by atoms with Gasteiger partial charge in [0.05, 0.1) is 6.61 Å². The standard InChI is InChI=1S/C10H13NO3S/c1-2-14-10(12)9(7-11)8-3-5-15(13)6-4-8/h2-6H2,1H3. The Morgan fingerprint density at radius 2 is 2.13 bits per heavy atom. The molecule has 15 heavy (non-hydrogen) atoms. The second-order valence-corrected chi connectivity index (χ2v) is 4.86. The van der Waals surface area contributed by atoms with Crippen molar-refractivity contribution in [3.8, 4) is 6.07 Å². The van der Waals surface area contributed by atoms with Gasteiger partial charge in [-0.25, -0.2) is 4.79 Å². The van der Waals surface area contributed by atoms with Crippen LogP contribution in [0.1, 0.15) is 19.8 Å². The number of carbonyl (C=O) groups is 1. The van der Waals surface area contributed by atoms with E-state index >= 15 is 0 Å². The van der Waals surface area contributed by atoms with E-state index < -0.39 is 16.8 Å². The van der Waals surface area contributed by atoms with E-state index in [1.54, 1.807) is 6.92 Å². The highest BCUT2D eigenvalue weighted by Crippen LogP contribution is 2.20. The van der Waals surface area contributed by atoms with Crippen LogP contribution < -0.4 is 0 Å². The van der Waals surface area contributed by atoms with Crippen LogP contribution in [0.4, 0.5) is 0 Å². The molecule has 1 aliphatic rings. The first-order chi connectivity index (χ1) is 7.19. The first-order valence-electron chi connectivity index (χ1n) is 4.83. The topological polar surface area (TPSA) is 67.2 Å². The predicted molar refractivity (Wildman–Crippen MR) is 56.4 cm³/mol. The summed E-state index contributed by atoms with van der Waals surface area (Å²) in [5.41, 5.74) is 0.893. The van der Waals surface area contributed by atoms with Crippen LogP contribution in [0.15, 0.2) is 11.1 Å². The molecule has 0 aromatic rings. The number of allylic oxidation sites excluding steroid dienone is 1. The van der Waals surface area contributed by atoms with Crippen LogP contribution >= 0.6 is 0 Å². The van der Waals surface area contributed by atoms with Gasteiger partial charge in [-0.1, -0.05) is 0 Å². The lowest BCUT2D eigenvalue weighted by Crippen LogP contribution is -2.16. The van der Waals surface area contributed by atoms with Crippen molar-refractivity contribution in [2.45, 2.75) is 19.8 Å². The maximum Gasteiger partial charge on any atom is 0.348 e. The molecule has 0 aromatic heterocycles. The van der Waals surface area contributed by atoms with Gasteiger partial charge in [0.15, 0.2) is 0 Å². The molecule has 0 amide bonds. The lowest BCUT2D eigenvalue weighted by molar-refractivity contribution is -0.138. The van der Waals surface area contributed by atoms with E-state index in [0.717, 1.165) is 5.57 Å². The Hall–Kier alpha value is -1.15. The first-order valence-corrected chi connectivity index (χ1v) is 6.32. The van der Waals surface area contributed by atoms with Gasteiger partial charge in [-0.2, -0.15) is 5.26 Å². The quantitative estimate of drug-likeness (QED) is 0.399. The minimum absolute atomic E-state index is 0.105. The number of hydrogen-bond donors (Lipinski definition) is 0. The van der Waals surface area contributed by atoms with E-state index in [0.29, 0.717) is 24.3 Å². The highest BCUT2D eigenvalue weighted by Gasteiger charge is 2.20. The first kappa shape index (κ1) is 11.9. The zero-order chi connectivity index (χ0) is 11.3. The molecule has 82 valence electrons. The average molecular weight is 227 g/mol. The molecule has 0 spiro atoms. The molecule has 5 heteroatoms. The number of hydrogen-bond acceptors (Lipinski definition) is 4. The average Bonchev–Trinajstić information content (AvgIpc) is 2.22. The summed E-state index contributed by atoms with van der Waals surface area (Å²) in [6.45, 7) is 1.97. The molecule has 0 N–H and O–H groups in total. The molecule has 0 bridgehead atoms. The second-order valence-electron chi connectivity index (χ2n) is 3.16. The van der Waals surface area contributed by atoms with E-state index in [1.807, 2.05) is 6.07 Å². The summed E-state index contributed by atoms with van der Waals surface area (Å²) in [5, 5.41) is 8.86. The summed E-state index contributed by atoms with van der Waals surface area (Å²) in [6.07, 6.45) is 1.13. The number of ether oxygens (including phenoxy) is 1. The summed E-state index contributed by atoms with van der Waals surface area (Å²) in [4.78, 5) is 11.4. The van der Waals surface area contributed by atoms with Crippen LogP contribution in [0, 0.1) is 11.3 Å². The number of esters is 1. The highest BCUT2D eigenvalue weighted by atomic mass is 32.2. The minimum atomic E-state index is -0.792. The summed E-state index contributed by atoms with van der Waals surface area (Å²) < 4.78 is 15.9. The smallest absolute Gasteiger partial charge is 0.348 e. The van der Waals surface area contributed by atoms with E-state index in [2.05, 4.69) is 0 Å². The largest absolute Gasteiger partial charge is 0.462 e. The maximum absolute atomic E-state index is 11.4. The Morgan fingerprint density at radius 3 is 2.60 bits per heavy atom. The molecule has 0 unspecified atom stereocenters. The van der Waals surface area contributed by atoms with Crippen molar-refractivity contribution >= 4 is 16.8 Å². The van der Waals surface area contributed by atoms with Gasteiger partial charge < -0.3 is 4.74 Å². The normalized spacial score (nSPS) is 20.5. The Kier molecular flexibility index (Phi) is 4.50. The predicted octanol–water partition coefficient (Wildman–Crippen LogP) is 0.912. The van der Waals surface area contributed by atoms with Crippen molar-refractivity contribution in [3.05, 3.63) is 11.1 Å². The van der Waals surface area contributed by atoms with Gasteiger partial charge in [0, 0.05) is 22.3 Å². The van der Waals surface area contributed by atoms with Crippen molar-refractivity contribution in [1.29, 1.82) is 5.26 Å². The third-order valence-electron chi connectivity index (χ3n) is 2.21. The highest BCUT2D eigenvalue weighted by molar-refractivity contribution is 7.85. The summed E-state index contributed by atoms with van der Waals surface area (Å²) in [7, 11) is -0.792. The van der Waals surface area contributed by atoms with Crippen molar-refractivity contribution in [3.63, 3.8) is 0 Å². The molecule has 1 rings (SSSR count). The third-order valence-corrected chi connectivity index (χ3v) is 3.53. The Balaban J connectivity index is 2.80. The van der Waals surface area contributed by atoms with Gasteiger partial charge >= 0.3 is 5.97 Å². The Morgan fingerprint density at radius 1 is 1.53 bits per heavy atom. The van der Waals surface area contributed by atoms with Gasteiger partial charge in [0.1, 0.15) is 11.6 Å². The molecule has 1 saturated heterocycles. The van der Waals surface area contributed by atoms with Crippen LogP contribution in [0.2, 0.25) is 0 Å². The summed E-state index contributed by atoms with van der Waals surface area (Å²) in [6, 6.07) is 1.88. The monoisotopic (exact) mass is 227 g/mol. The second kappa shape index (κ2) is 5.66. The number of carbonyl (C=O) groups excluding carboxylic acids is 1. The molecular weight excluding hydrogens is 214 g/mol. The molecule has 0 saturated carbocycles. The SMILES string of the molecule is CCOC(=O)C(C#N)=C1CCS(=O)CC1. The number of nitriles is 1. The molecule has 1 heterocycles. The van der Waals surface area contributed by atoms with Crippen LogP contribution in [0.25, 0.3) is 0 Å². The Bertz CT molecular complexity index is 342. The van der Waals surface area contributed by atoms with Gasteiger partial charge in [-0.05, 0) is 25.3 Å². The van der Waals surface area contributed by atoms with Crippen LogP contribution in [0.3, 0.4) is 0 Å². The molecule has 0 atom stereocenters. The van der Waals surface area contributed by atoms with Crippen molar-refractivity contribution in [2.75, 3.05) is 18.1 Å². The summed E-state index contributed by atoms with van der Waals surface area (Å²) in [5.74, 6) is 0.530. The number of rotatable bonds is 2. The van der Waals surface area contributed by atoms with E-state index in [9.17, 15) is 9.00 Å². The van der Waals surface area contributed by atoms with Gasteiger partial charge in [-0.15, -0.1) is 0 Å².